The van der Waals surface area contributed by atoms with Crippen LogP contribution in [0.1, 0.15) is 38.3 Å². The van der Waals surface area contributed by atoms with Crippen molar-refractivity contribution in [2.75, 3.05) is 6.54 Å². The highest BCUT2D eigenvalue weighted by Crippen LogP contribution is 2.30. The van der Waals surface area contributed by atoms with Gasteiger partial charge in [0.2, 0.25) is 0 Å². The van der Waals surface area contributed by atoms with Gasteiger partial charge < -0.3 is 5.32 Å². The molecular formula is C14H20FN. The van der Waals surface area contributed by atoms with Crippen molar-refractivity contribution in [3.8, 4) is 0 Å². The van der Waals surface area contributed by atoms with Crippen LogP contribution in [-0.4, -0.2) is 6.54 Å². The van der Waals surface area contributed by atoms with Gasteiger partial charge in [-0.05, 0) is 48.9 Å². The molecule has 1 atom stereocenters. The number of nitrogens with one attached hydrogen (secondary N) is 1. The van der Waals surface area contributed by atoms with E-state index in [9.17, 15) is 4.39 Å². The lowest BCUT2D eigenvalue weighted by Gasteiger charge is -2.23. The standard InChI is InChI=1S/C14H20FN/c1-10(2)14(16-9-11-3-4-11)12-5-7-13(15)8-6-12/h5-8,10-11,14,16H,3-4,9H2,1-2H3. The fraction of sp³-hybridized carbons (Fsp3) is 0.571. The molecule has 0 heterocycles. The monoisotopic (exact) mass is 221 g/mol. The smallest absolute Gasteiger partial charge is 0.123 e. The van der Waals surface area contributed by atoms with Gasteiger partial charge in [0.1, 0.15) is 5.82 Å². The summed E-state index contributed by atoms with van der Waals surface area (Å²) in [5, 5.41) is 3.59. The first-order valence-electron chi connectivity index (χ1n) is 6.15. The molecule has 2 rings (SSSR count). The Morgan fingerprint density at radius 2 is 1.88 bits per heavy atom. The van der Waals surface area contributed by atoms with Crippen molar-refractivity contribution in [1.29, 1.82) is 0 Å². The third-order valence-corrected chi connectivity index (χ3v) is 3.22. The van der Waals surface area contributed by atoms with Crippen LogP contribution >= 0.6 is 0 Å². The molecule has 0 radical (unpaired) electrons. The number of benzene rings is 1. The molecule has 1 aliphatic carbocycles. The van der Waals surface area contributed by atoms with Crippen LogP contribution < -0.4 is 5.32 Å². The Morgan fingerprint density at radius 1 is 1.25 bits per heavy atom. The lowest BCUT2D eigenvalue weighted by atomic mass is 9.96. The highest BCUT2D eigenvalue weighted by molar-refractivity contribution is 5.20. The average molecular weight is 221 g/mol. The van der Waals surface area contributed by atoms with E-state index in [0.717, 1.165) is 12.5 Å². The molecule has 0 amide bonds. The van der Waals surface area contributed by atoms with Crippen LogP contribution in [0.25, 0.3) is 0 Å². The van der Waals surface area contributed by atoms with E-state index in [-0.39, 0.29) is 5.82 Å². The molecule has 1 nitrogen and oxygen atoms in total. The molecule has 1 aliphatic rings. The van der Waals surface area contributed by atoms with Crippen LogP contribution in [0.5, 0.6) is 0 Å². The minimum atomic E-state index is -0.159. The van der Waals surface area contributed by atoms with Crippen molar-refractivity contribution in [2.45, 2.75) is 32.7 Å². The van der Waals surface area contributed by atoms with Crippen LogP contribution in [0, 0.1) is 17.7 Å². The van der Waals surface area contributed by atoms with Crippen molar-refractivity contribution in [3.63, 3.8) is 0 Å². The van der Waals surface area contributed by atoms with Crippen LogP contribution in [0.15, 0.2) is 24.3 Å². The Bertz CT molecular complexity index is 327. The summed E-state index contributed by atoms with van der Waals surface area (Å²) < 4.78 is 12.9. The second-order valence-electron chi connectivity index (χ2n) is 5.12. The van der Waals surface area contributed by atoms with Crippen molar-refractivity contribution in [1.82, 2.24) is 5.32 Å². The van der Waals surface area contributed by atoms with E-state index < -0.39 is 0 Å². The highest BCUT2D eigenvalue weighted by Gasteiger charge is 2.23. The molecule has 0 saturated heterocycles. The molecule has 0 aliphatic heterocycles. The maximum atomic E-state index is 12.9. The maximum absolute atomic E-state index is 12.9. The second kappa shape index (κ2) is 4.96. The first-order valence-corrected chi connectivity index (χ1v) is 6.15. The first-order chi connectivity index (χ1) is 7.66. The Balaban J connectivity index is 2.01. The zero-order valence-corrected chi connectivity index (χ0v) is 10.0. The van der Waals surface area contributed by atoms with Gasteiger partial charge in [-0.2, -0.15) is 0 Å². The largest absolute Gasteiger partial charge is 0.309 e. The van der Waals surface area contributed by atoms with Gasteiger partial charge in [0.05, 0.1) is 0 Å². The third-order valence-electron chi connectivity index (χ3n) is 3.22. The summed E-state index contributed by atoms with van der Waals surface area (Å²) in [6.45, 7) is 5.50. The summed E-state index contributed by atoms with van der Waals surface area (Å²) in [7, 11) is 0. The van der Waals surface area contributed by atoms with E-state index in [1.165, 1.54) is 18.4 Å². The molecule has 1 unspecified atom stereocenters. The quantitative estimate of drug-likeness (QED) is 0.802. The minimum Gasteiger partial charge on any atom is -0.309 e. The summed E-state index contributed by atoms with van der Waals surface area (Å²) >= 11 is 0. The van der Waals surface area contributed by atoms with E-state index >= 15 is 0 Å². The predicted octanol–water partition coefficient (Wildman–Crippen LogP) is 3.52. The second-order valence-corrected chi connectivity index (χ2v) is 5.12. The molecule has 1 aromatic carbocycles. The Morgan fingerprint density at radius 3 is 2.38 bits per heavy atom. The molecule has 1 N–H and O–H groups in total. The molecule has 1 saturated carbocycles. The molecule has 16 heavy (non-hydrogen) atoms. The van der Waals surface area contributed by atoms with E-state index in [1.807, 2.05) is 12.1 Å². The molecule has 0 bridgehead atoms. The van der Waals surface area contributed by atoms with Crippen molar-refractivity contribution in [2.24, 2.45) is 11.8 Å². The van der Waals surface area contributed by atoms with E-state index in [4.69, 9.17) is 0 Å². The van der Waals surface area contributed by atoms with Crippen LogP contribution in [0.4, 0.5) is 4.39 Å². The number of hydrogen-bond donors (Lipinski definition) is 1. The number of rotatable bonds is 5. The highest BCUT2D eigenvalue weighted by atomic mass is 19.1. The summed E-state index contributed by atoms with van der Waals surface area (Å²) in [6, 6.07) is 7.22. The maximum Gasteiger partial charge on any atom is 0.123 e. The minimum absolute atomic E-state index is 0.159. The Kier molecular flexibility index (Phi) is 3.59. The fourth-order valence-corrected chi connectivity index (χ4v) is 2.02. The molecular weight excluding hydrogens is 201 g/mol. The SMILES string of the molecule is CC(C)C(NCC1CC1)c1ccc(F)cc1. The molecule has 0 aromatic heterocycles. The van der Waals surface area contributed by atoms with Gasteiger partial charge in [0.15, 0.2) is 0 Å². The van der Waals surface area contributed by atoms with Crippen LogP contribution in [0.3, 0.4) is 0 Å². The Labute approximate surface area is 97.1 Å². The average Bonchev–Trinajstić information content (AvgIpc) is 3.04. The van der Waals surface area contributed by atoms with Crippen molar-refractivity contribution in [3.05, 3.63) is 35.6 Å². The number of halogens is 1. The normalized spacial score (nSPS) is 17.8. The van der Waals surface area contributed by atoms with Crippen LogP contribution in [0.2, 0.25) is 0 Å². The van der Waals surface area contributed by atoms with Gasteiger partial charge in [0.25, 0.3) is 0 Å². The summed E-state index contributed by atoms with van der Waals surface area (Å²) in [5.41, 5.74) is 1.19. The molecule has 1 fully saturated rings. The predicted molar refractivity (Wildman–Crippen MR) is 64.7 cm³/mol. The fourth-order valence-electron chi connectivity index (χ4n) is 2.02. The topological polar surface area (TPSA) is 12.0 Å². The van der Waals surface area contributed by atoms with E-state index in [0.29, 0.717) is 12.0 Å². The summed E-state index contributed by atoms with van der Waals surface area (Å²) in [5.74, 6) is 1.25. The van der Waals surface area contributed by atoms with E-state index in [2.05, 4.69) is 19.2 Å². The molecule has 0 spiro atoms. The lowest BCUT2D eigenvalue weighted by Crippen LogP contribution is -2.27. The first kappa shape index (κ1) is 11.6. The van der Waals surface area contributed by atoms with E-state index in [1.54, 1.807) is 12.1 Å². The van der Waals surface area contributed by atoms with Gasteiger partial charge in [-0.25, -0.2) is 4.39 Å². The Hall–Kier alpha value is -0.890. The van der Waals surface area contributed by atoms with Gasteiger partial charge in [-0.15, -0.1) is 0 Å². The zero-order chi connectivity index (χ0) is 11.5. The third kappa shape index (κ3) is 3.05. The van der Waals surface area contributed by atoms with Crippen molar-refractivity contribution < 1.29 is 4.39 Å². The van der Waals surface area contributed by atoms with Gasteiger partial charge in [0, 0.05) is 6.04 Å². The number of hydrogen-bond acceptors (Lipinski definition) is 1. The van der Waals surface area contributed by atoms with Gasteiger partial charge >= 0.3 is 0 Å². The molecule has 2 heteroatoms. The van der Waals surface area contributed by atoms with Gasteiger partial charge in [-0.1, -0.05) is 26.0 Å². The summed E-state index contributed by atoms with van der Waals surface area (Å²) in [4.78, 5) is 0. The van der Waals surface area contributed by atoms with Gasteiger partial charge in [-0.3, -0.25) is 0 Å². The molecule has 88 valence electrons. The van der Waals surface area contributed by atoms with Crippen molar-refractivity contribution >= 4 is 0 Å². The zero-order valence-electron chi connectivity index (χ0n) is 10.0. The van der Waals surface area contributed by atoms with Crippen LogP contribution in [-0.2, 0) is 0 Å². The molecule has 1 aromatic rings. The lowest BCUT2D eigenvalue weighted by molar-refractivity contribution is 0.404. The summed E-state index contributed by atoms with van der Waals surface area (Å²) in [6.07, 6.45) is 2.72.